The van der Waals surface area contributed by atoms with Crippen molar-refractivity contribution in [3.8, 4) is 6.07 Å². The van der Waals surface area contributed by atoms with E-state index in [1.165, 1.54) is 4.90 Å². The third-order valence-corrected chi connectivity index (χ3v) is 2.86. The molecular formula is C17H18N4O2. The van der Waals surface area contributed by atoms with E-state index in [0.717, 1.165) is 6.20 Å². The van der Waals surface area contributed by atoms with Crippen LogP contribution in [0.25, 0.3) is 0 Å². The summed E-state index contributed by atoms with van der Waals surface area (Å²) in [6, 6.07) is 8.06. The van der Waals surface area contributed by atoms with Crippen LogP contribution in [0.15, 0.2) is 61.3 Å². The highest BCUT2D eigenvalue weighted by Gasteiger charge is 2.16. The van der Waals surface area contributed by atoms with E-state index < -0.39 is 11.8 Å². The van der Waals surface area contributed by atoms with Crippen LogP contribution >= 0.6 is 0 Å². The quantitative estimate of drug-likeness (QED) is 0.346. The Labute approximate surface area is 135 Å². The first-order valence-electron chi connectivity index (χ1n) is 6.81. The summed E-state index contributed by atoms with van der Waals surface area (Å²) in [7, 11) is 0. The van der Waals surface area contributed by atoms with Crippen LogP contribution in [-0.2, 0) is 4.79 Å². The fraction of sp³-hybridized carbons (Fsp3) is 0.118. The molecule has 0 atom stereocenters. The smallest absolute Gasteiger partial charge is 0.266 e. The molecule has 1 aromatic carbocycles. The molecule has 0 saturated heterocycles. The molecule has 0 aliphatic carbocycles. The maximum atomic E-state index is 12.2. The third kappa shape index (κ3) is 5.17. The van der Waals surface area contributed by atoms with E-state index >= 15 is 0 Å². The van der Waals surface area contributed by atoms with Crippen molar-refractivity contribution in [1.82, 2.24) is 10.2 Å². The molecule has 0 bridgehead atoms. The van der Waals surface area contributed by atoms with Crippen LogP contribution in [0.2, 0.25) is 0 Å². The number of rotatable bonds is 7. The van der Waals surface area contributed by atoms with Crippen LogP contribution in [-0.4, -0.2) is 29.8 Å². The van der Waals surface area contributed by atoms with Gasteiger partial charge in [0.05, 0.1) is 0 Å². The minimum Gasteiger partial charge on any atom is -0.399 e. The Kier molecular flexibility index (Phi) is 6.82. The van der Waals surface area contributed by atoms with Gasteiger partial charge in [-0.05, 0) is 24.3 Å². The number of anilines is 1. The summed E-state index contributed by atoms with van der Waals surface area (Å²) in [5, 5.41) is 11.5. The second-order valence-electron chi connectivity index (χ2n) is 4.55. The summed E-state index contributed by atoms with van der Waals surface area (Å²) in [4.78, 5) is 25.6. The molecule has 23 heavy (non-hydrogen) atoms. The van der Waals surface area contributed by atoms with Gasteiger partial charge in [-0.15, -0.1) is 13.2 Å². The van der Waals surface area contributed by atoms with Crippen LogP contribution in [0.5, 0.6) is 0 Å². The van der Waals surface area contributed by atoms with Crippen LogP contribution in [0.3, 0.4) is 0 Å². The number of nitrogens with one attached hydrogen (secondary N) is 1. The average molecular weight is 310 g/mol. The number of nitrogens with zero attached hydrogens (tertiary/aromatic N) is 2. The third-order valence-electron chi connectivity index (χ3n) is 2.86. The van der Waals surface area contributed by atoms with E-state index in [4.69, 9.17) is 11.0 Å². The Bertz CT molecular complexity index is 659. The molecule has 0 unspecified atom stereocenters. The van der Waals surface area contributed by atoms with Gasteiger partial charge in [-0.1, -0.05) is 12.2 Å². The molecule has 6 nitrogen and oxygen atoms in total. The first-order valence-corrected chi connectivity index (χ1v) is 6.81. The van der Waals surface area contributed by atoms with Crippen molar-refractivity contribution in [3.05, 3.63) is 66.9 Å². The highest BCUT2D eigenvalue weighted by molar-refractivity contribution is 5.99. The van der Waals surface area contributed by atoms with E-state index in [1.54, 1.807) is 42.5 Å². The highest BCUT2D eigenvalue weighted by atomic mass is 16.2. The number of carbonyl (C=O) groups excluding carboxylic acids is 2. The Hall–Kier alpha value is -3.33. The van der Waals surface area contributed by atoms with E-state index in [1.807, 2.05) is 0 Å². The van der Waals surface area contributed by atoms with Crippen molar-refractivity contribution >= 4 is 17.5 Å². The zero-order valence-corrected chi connectivity index (χ0v) is 12.7. The van der Waals surface area contributed by atoms with Gasteiger partial charge in [-0.2, -0.15) is 5.26 Å². The average Bonchev–Trinajstić information content (AvgIpc) is 2.55. The molecular weight excluding hydrogens is 292 g/mol. The lowest BCUT2D eigenvalue weighted by atomic mass is 10.2. The second kappa shape index (κ2) is 8.85. The Morgan fingerprint density at radius 1 is 1.22 bits per heavy atom. The van der Waals surface area contributed by atoms with Crippen molar-refractivity contribution in [3.63, 3.8) is 0 Å². The van der Waals surface area contributed by atoms with Gasteiger partial charge < -0.3 is 16.0 Å². The first kappa shape index (κ1) is 17.7. The lowest BCUT2D eigenvalue weighted by Gasteiger charge is -2.18. The summed E-state index contributed by atoms with van der Waals surface area (Å²) in [5.74, 6) is -0.950. The van der Waals surface area contributed by atoms with Gasteiger partial charge in [0.15, 0.2) is 0 Å². The van der Waals surface area contributed by atoms with Gasteiger partial charge >= 0.3 is 0 Å². The van der Waals surface area contributed by atoms with Gasteiger partial charge in [0, 0.05) is 30.5 Å². The molecule has 1 aromatic rings. The zero-order valence-electron chi connectivity index (χ0n) is 12.7. The highest BCUT2D eigenvalue weighted by Crippen LogP contribution is 2.06. The van der Waals surface area contributed by atoms with Crippen molar-refractivity contribution in [1.29, 1.82) is 5.26 Å². The number of hydrogen-bond donors (Lipinski definition) is 2. The van der Waals surface area contributed by atoms with E-state index in [-0.39, 0.29) is 18.7 Å². The Morgan fingerprint density at radius 3 is 2.26 bits per heavy atom. The Balaban J connectivity index is 2.85. The summed E-state index contributed by atoms with van der Waals surface area (Å²) >= 11 is 0. The van der Waals surface area contributed by atoms with Crippen LogP contribution < -0.4 is 11.1 Å². The zero-order chi connectivity index (χ0) is 17.2. The largest absolute Gasteiger partial charge is 0.399 e. The molecule has 0 saturated carbocycles. The van der Waals surface area contributed by atoms with Gasteiger partial charge in [0.25, 0.3) is 11.8 Å². The van der Waals surface area contributed by atoms with Gasteiger partial charge in [-0.25, -0.2) is 0 Å². The molecule has 3 N–H and O–H groups in total. The minimum absolute atomic E-state index is 0.183. The molecule has 0 aromatic heterocycles. The molecule has 0 fully saturated rings. The van der Waals surface area contributed by atoms with E-state index in [9.17, 15) is 9.59 Å². The fourth-order valence-electron chi connectivity index (χ4n) is 1.72. The number of nitrogens with two attached hydrogens (primary N) is 1. The van der Waals surface area contributed by atoms with Crippen LogP contribution in [0, 0.1) is 11.3 Å². The monoisotopic (exact) mass is 310 g/mol. The predicted octanol–water partition coefficient (Wildman–Crippen LogP) is 1.61. The molecule has 0 heterocycles. The molecule has 118 valence electrons. The number of hydrogen-bond acceptors (Lipinski definition) is 4. The topological polar surface area (TPSA) is 99.2 Å². The number of carbonyl (C=O) groups is 2. The molecule has 2 amide bonds. The number of nitriles is 1. The van der Waals surface area contributed by atoms with Gasteiger partial charge in [-0.3, -0.25) is 9.59 Å². The maximum absolute atomic E-state index is 12.2. The SMILES string of the molecule is C=CCN(CC=C)C(=O)/C(C#N)=C\NC(=O)c1ccc(N)cc1. The second-order valence-corrected chi connectivity index (χ2v) is 4.55. The van der Waals surface area contributed by atoms with E-state index in [0.29, 0.717) is 11.3 Å². The van der Waals surface area contributed by atoms with Crippen molar-refractivity contribution in [2.45, 2.75) is 0 Å². The summed E-state index contributed by atoms with van der Waals surface area (Å²) < 4.78 is 0. The Morgan fingerprint density at radius 2 is 1.78 bits per heavy atom. The van der Waals surface area contributed by atoms with Crippen molar-refractivity contribution < 1.29 is 9.59 Å². The van der Waals surface area contributed by atoms with Crippen LogP contribution in [0.1, 0.15) is 10.4 Å². The fourth-order valence-corrected chi connectivity index (χ4v) is 1.72. The minimum atomic E-state index is -0.509. The molecule has 1 rings (SSSR count). The predicted molar refractivity (Wildman–Crippen MR) is 89.0 cm³/mol. The van der Waals surface area contributed by atoms with E-state index in [2.05, 4.69) is 18.5 Å². The van der Waals surface area contributed by atoms with Crippen LogP contribution in [0.4, 0.5) is 5.69 Å². The molecule has 6 heteroatoms. The molecule has 0 aliphatic heterocycles. The van der Waals surface area contributed by atoms with Crippen molar-refractivity contribution in [2.24, 2.45) is 0 Å². The normalized spacial score (nSPS) is 10.3. The number of benzene rings is 1. The lowest BCUT2D eigenvalue weighted by Crippen LogP contribution is -2.33. The number of amides is 2. The summed E-state index contributed by atoms with van der Waals surface area (Å²) in [6.07, 6.45) is 4.19. The van der Waals surface area contributed by atoms with Gasteiger partial charge in [0.2, 0.25) is 0 Å². The standard InChI is InChI=1S/C17H18N4O2/c1-3-9-21(10-4-2)17(23)14(11-18)12-20-16(22)13-5-7-15(19)8-6-13/h3-8,12H,1-2,9-10,19H2,(H,20,22)/b14-12-. The lowest BCUT2D eigenvalue weighted by molar-refractivity contribution is -0.125. The molecule has 0 spiro atoms. The summed E-state index contributed by atoms with van der Waals surface area (Å²) in [5.41, 5.74) is 6.27. The van der Waals surface area contributed by atoms with Crippen molar-refractivity contribution in [2.75, 3.05) is 18.8 Å². The molecule has 0 aliphatic rings. The van der Waals surface area contributed by atoms with Gasteiger partial charge in [0.1, 0.15) is 11.6 Å². The maximum Gasteiger partial charge on any atom is 0.266 e. The summed E-state index contributed by atoms with van der Waals surface area (Å²) in [6.45, 7) is 7.67. The molecule has 0 radical (unpaired) electrons. The number of nitrogen functional groups attached to an aromatic ring is 1. The first-order chi connectivity index (χ1) is 11.0.